The summed E-state index contributed by atoms with van der Waals surface area (Å²) in [4.78, 5) is 11.6. The van der Waals surface area contributed by atoms with Crippen LogP contribution in [0.5, 0.6) is 0 Å². The van der Waals surface area contributed by atoms with Crippen LogP contribution in [-0.2, 0) is 13.0 Å². The number of fused-ring (bicyclic) bond motifs is 1. The van der Waals surface area contributed by atoms with Crippen molar-refractivity contribution in [1.82, 2.24) is 29.8 Å². The molecule has 0 fully saturated rings. The van der Waals surface area contributed by atoms with Crippen molar-refractivity contribution in [2.45, 2.75) is 13.0 Å². The summed E-state index contributed by atoms with van der Waals surface area (Å²) in [6.07, 6.45) is 8.12. The van der Waals surface area contributed by atoms with E-state index < -0.39 is 0 Å². The molecule has 0 aliphatic heterocycles. The van der Waals surface area contributed by atoms with Crippen molar-refractivity contribution in [3.63, 3.8) is 0 Å². The number of nitrogens with one attached hydrogen (secondary N) is 1. The topological polar surface area (TPSA) is 85.4 Å². The van der Waals surface area contributed by atoms with Gasteiger partial charge in [-0.25, -0.2) is 14.6 Å². The minimum Gasteiger partial charge on any atom is -0.348 e. The third kappa shape index (κ3) is 2.08. The Hall–Kier alpha value is -2.96. The maximum atomic E-state index is 4.81. The summed E-state index contributed by atoms with van der Waals surface area (Å²) in [7, 11) is 0. The molecular formula is C14H12N6O. The van der Waals surface area contributed by atoms with Gasteiger partial charge in [0.05, 0.1) is 6.33 Å². The Morgan fingerprint density at radius 1 is 1.24 bits per heavy atom. The highest BCUT2D eigenvalue weighted by Gasteiger charge is 2.13. The standard InChI is InChI=1S/C14H12N6O/c1-2-11(13-12(3-1)18-21-19-13)14-16-5-7-20(14)6-4-10-8-15-9-17-10/h1-3,5,7-9H,4,6H2,(H,15,17). The average Bonchev–Trinajstić information content (AvgIpc) is 3.25. The fourth-order valence-electron chi connectivity index (χ4n) is 2.38. The predicted octanol–water partition coefficient (Wildman–Crippen LogP) is 2.05. The number of aromatic nitrogens is 6. The fourth-order valence-corrected chi connectivity index (χ4v) is 2.38. The van der Waals surface area contributed by atoms with Gasteiger partial charge in [-0.15, -0.1) is 0 Å². The maximum Gasteiger partial charge on any atom is 0.146 e. The van der Waals surface area contributed by atoms with Gasteiger partial charge < -0.3 is 9.55 Å². The minimum atomic E-state index is 0.728. The minimum absolute atomic E-state index is 0.728. The fraction of sp³-hybridized carbons (Fsp3) is 0.143. The molecule has 1 N–H and O–H groups in total. The molecule has 1 aromatic carbocycles. The van der Waals surface area contributed by atoms with Crippen LogP contribution in [0.2, 0.25) is 0 Å². The lowest BCUT2D eigenvalue weighted by Gasteiger charge is -2.07. The number of imidazole rings is 2. The lowest BCUT2D eigenvalue weighted by atomic mass is 10.1. The summed E-state index contributed by atoms with van der Waals surface area (Å²) < 4.78 is 6.90. The smallest absolute Gasteiger partial charge is 0.146 e. The second-order valence-electron chi connectivity index (χ2n) is 4.71. The van der Waals surface area contributed by atoms with E-state index in [0.29, 0.717) is 0 Å². The Morgan fingerprint density at radius 3 is 3.14 bits per heavy atom. The zero-order valence-electron chi connectivity index (χ0n) is 11.1. The summed E-state index contributed by atoms with van der Waals surface area (Å²) in [5.41, 5.74) is 3.47. The average molecular weight is 280 g/mol. The lowest BCUT2D eigenvalue weighted by Crippen LogP contribution is -2.03. The third-order valence-electron chi connectivity index (χ3n) is 3.42. The highest BCUT2D eigenvalue weighted by molar-refractivity contribution is 5.88. The Balaban J connectivity index is 1.70. The second kappa shape index (κ2) is 4.86. The second-order valence-corrected chi connectivity index (χ2v) is 4.71. The molecule has 0 radical (unpaired) electrons. The first-order chi connectivity index (χ1) is 10.4. The van der Waals surface area contributed by atoms with Crippen molar-refractivity contribution in [1.29, 1.82) is 0 Å². The zero-order chi connectivity index (χ0) is 14.1. The molecule has 7 nitrogen and oxygen atoms in total. The molecule has 0 saturated carbocycles. The van der Waals surface area contributed by atoms with E-state index in [2.05, 4.69) is 29.8 Å². The van der Waals surface area contributed by atoms with E-state index in [4.69, 9.17) is 4.63 Å². The molecular weight excluding hydrogens is 268 g/mol. The van der Waals surface area contributed by atoms with E-state index in [1.807, 2.05) is 30.6 Å². The van der Waals surface area contributed by atoms with Crippen molar-refractivity contribution in [2.75, 3.05) is 0 Å². The Labute approximate surface area is 119 Å². The van der Waals surface area contributed by atoms with Gasteiger partial charge in [0.15, 0.2) is 0 Å². The van der Waals surface area contributed by atoms with Gasteiger partial charge in [0.2, 0.25) is 0 Å². The van der Waals surface area contributed by atoms with Crippen molar-refractivity contribution in [3.8, 4) is 11.4 Å². The Kier molecular flexibility index (Phi) is 2.74. The van der Waals surface area contributed by atoms with E-state index in [-0.39, 0.29) is 0 Å². The quantitative estimate of drug-likeness (QED) is 0.618. The molecule has 0 atom stereocenters. The summed E-state index contributed by atoms with van der Waals surface area (Å²) in [5, 5.41) is 7.84. The molecule has 0 unspecified atom stereocenters. The van der Waals surface area contributed by atoms with Crippen LogP contribution in [-0.4, -0.2) is 29.8 Å². The van der Waals surface area contributed by atoms with Gasteiger partial charge in [0, 0.05) is 42.8 Å². The number of H-pyrrole nitrogens is 1. The first-order valence-electron chi connectivity index (χ1n) is 6.62. The van der Waals surface area contributed by atoms with Gasteiger partial charge in [-0.05, 0) is 22.4 Å². The lowest BCUT2D eigenvalue weighted by molar-refractivity contribution is 0.315. The van der Waals surface area contributed by atoms with E-state index in [9.17, 15) is 0 Å². The van der Waals surface area contributed by atoms with Crippen molar-refractivity contribution >= 4 is 11.0 Å². The zero-order valence-corrected chi connectivity index (χ0v) is 11.1. The molecule has 0 bridgehead atoms. The third-order valence-corrected chi connectivity index (χ3v) is 3.42. The Bertz CT molecular complexity index is 861. The number of nitrogens with zero attached hydrogens (tertiary/aromatic N) is 5. The molecule has 0 saturated heterocycles. The SMILES string of the molecule is c1cc(-c2nccn2CCc2cnc[nH]2)c2nonc2c1. The largest absolute Gasteiger partial charge is 0.348 e. The molecule has 4 rings (SSSR count). The molecule has 21 heavy (non-hydrogen) atoms. The maximum absolute atomic E-state index is 4.81. The van der Waals surface area contributed by atoms with Crippen LogP contribution in [0.1, 0.15) is 5.69 Å². The number of rotatable bonds is 4. The van der Waals surface area contributed by atoms with Gasteiger partial charge in [-0.2, -0.15) is 0 Å². The molecule has 0 aliphatic rings. The summed E-state index contributed by atoms with van der Waals surface area (Å²) >= 11 is 0. The molecule has 0 amide bonds. The molecule has 3 aromatic heterocycles. The Morgan fingerprint density at radius 2 is 2.24 bits per heavy atom. The number of hydrogen-bond acceptors (Lipinski definition) is 5. The van der Waals surface area contributed by atoms with E-state index in [0.717, 1.165) is 41.1 Å². The van der Waals surface area contributed by atoms with Crippen LogP contribution in [0.15, 0.2) is 47.7 Å². The van der Waals surface area contributed by atoms with Crippen LogP contribution < -0.4 is 0 Å². The predicted molar refractivity (Wildman–Crippen MR) is 75.3 cm³/mol. The molecule has 4 aromatic rings. The van der Waals surface area contributed by atoms with Gasteiger partial charge in [-0.1, -0.05) is 6.07 Å². The van der Waals surface area contributed by atoms with Gasteiger partial charge in [0.25, 0.3) is 0 Å². The first kappa shape index (κ1) is 11.8. The van der Waals surface area contributed by atoms with Gasteiger partial charge >= 0.3 is 0 Å². The van der Waals surface area contributed by atoms with E-state index in [1.54, 1.807) is 12.5 Å². The number of aromatic amines is 1. The van der Waals surface area contributed by atoms with Gasteiger partial charge in [-0.3, -0.25) is 0 Å². The molecule has 104 valence electrons. The van der Waals surface area contributed by atoms with Crippen LogP contribution >= 0.6 is 0 Å². The van der Waals surface area contributed by atoms with E-state index >= 15 is 0 Å². The number of hydrogen-bond donors (Lipinski definition) is 1. The van der Waals surface area contributed by atoms with Crippen LogP contribution in [0.4, 0.5) is 0 Å². The number of benzene rings is 1. The molecule has 3 heterocycles. The molecule has 7 heteroatoms. The summed E-state index contributed by atoms with van der Waals surface area (Å²) in [5.74, 6) is 0.857. The van der Waals surface area contributed by atoms with Gasteiger partial charge in [0.1, 0.15) is 16.9 Å². The normalized spacial score (nSPS) is 11.2. The number of aryl methyl sites for hydroxylation is 2. The monoisotopic (exact) mass is 280 g/mol. The highest BCUT2D eigenvalue weighted by Crippen LogP contribution is 2.25. The van der Waals surface area contributed by atoms with Crippen molar-refractivity contribution in [2.24, 2.45) is 0 Å². The summed E-state index contributed by atoms with van der Waals surface area (Å²) in [6, 6.07) is 5.77. The first-order valence-corrected chi connectivity index (χ1v) is 6.62. The summed E-state index contributed by atoms with van der Waals surface area (Å²) in [6.45, 7) is 0.805. The highest BCUT2D eigenvalue weighted by atomic mass is 16.6. The molecule has 0 aliphatic carbocycles. The van der Waals surface area contributed by atoms with Crippen molar-refractivity contribution < 1.29 is 4.63 Å². The van der Waals surface area contributed by atoms with Crippen LogP contribution in [0.3, 0.4) is 0 Å². The van der Waals surface area contributed by atoms with E-state index in [1.165, 1.54) is 0 Å². The van der Waals surface area contributed by atoms with Crippen LogP contribution in [0, 0.1) is 0 Å². The van der Waals surface area contributed by atoms with Crippen molar-refractivity contribution in [3.05, 3.63) is 48.8 Å². The molecule has 0 spiro atoms. The van der Waals surface area contributed by atoms with Crippen LogP contribution in [0.25, 0.3) is 22.4 Å².